The Hall–Kier alpha value is -3.52. The van der Waals surface area contributed by atoms with Crippen molar-refractivity contribution in [3.05, 3.63) is 71.3 Å². The fourth-order valence-electron chi connectivity index (χ4n) is 2.24. The monoisotopic (exact) mass is 334 g/mol. The summed E-state index contributed by atoms with van der Waals surface area (Å²) in [5.41, 5.74) is 1.07. The first-order valence-corrected chi connectivity index (χ1v) is 7.52. The first-order valence-electron chi connectivity index (χ1n) is 7.52. The standard InChI is InChI=1S/C20H14O5/c1-2-12-23-16-10-8-14(9-11-16)13-17-18(21)24-20(25-19(17)22)15-6-4-3-5-7-15/h1,3-11,13,20H,12H2. The van der Waals surface area contributed by atoms with Gasteiger partial charge in [-0.05, 0) is 23.8 Å². The van der Waals surface area contributed by atoms with E-state index in [0.717, 1.165) is 0 Å². The van der Waals surface area contributed by atoms with Crippen molar-refractivity contribution in [1.29, 1.82) is 0 Å². The third-order valence-electron chi connectivity index (χ3n) is 3.45. The van der Waals surface area contributed by atoms with Crippen LogP contribution in [0.1, 0.15) is 17.4 Å². The Labute approximate surface area is 144 Å². The number of terminal acetylenes is 1. The summed E-state index contributed by atoms with van der Waals surface area (Å²) in [4.78, 5) is 24.3. The molecule has 0 saturated carbocycles. The van der Waals surface area contributed by atoms with Gasteiger partial charge < -0.3 is 14.2 Å². The van der Waals surface area contributed by atoms with Crippen LogP contribution in [0.5, 0.6) is 5.75 Å². The zero-order chi connectivity index (χ0) is 17.6. The maximum absolute atomic E-state index is 12.2. The SMILES string of the molecule is C#CCOc1ccc(C=C2C(=O)OC(c3ccccc3)OC2=O)cc1. The van der Waals surface area contributed by atoms with Crippen molar-refractivity contribution in [3.8, 4) is 18.1 Å². The number of carbonyl (C=O) groups is 2. The second-order valence-corrected chi connectivity index (χ2v) is 5.17. The van der Waals surface area contributed by atoms with Crippen LogP contribution < -0.4 is 4.74 Å². The van der Waals surface area contributed by atoms with Gasteiger partial charge in [-0.25, -0.2) is 9.59 Å². The van der Waals surface area contributed by atoms with Gasteiger partial charge in [0, 0.05) is 5.56 Å². The topological polar surface area (TPSA) is 61.8 Å². The van der Waals surface area contributed by atoms with Gasteiger partial charge in [-0.2, -0.15) is 0 Å². The molecule has 1 heterocycles. The Kier molecular flexibility index (Phi) is 4.82. The van der Waals surface area contributed by atoms with Gasteiger partial charge in [0.15, 0.2) is 0 Å². The molecule has 5 nitrogen and oxygen atoms in total. The van der Waals surface area contributed by atoms with Crippen molar-refractivity contribution in [2.45, 2.75) is 6.29 Å². The average molecular weight is 334 g/mol. The molecule has 0 radical (unpaired) electrons. The summed E-state index contributed by atoms with van der Waals surface area (Å²) in [5, 5.41) is 0. The number of rotatable bonds is 4. The zero-order valence-electron chi connectivity index (χ0n) is 13.2. The summed E-state index contributed by atoms with van der Waals surface area (Å²) in [6.07, 6.45) is 5.51. The second-order valence-electron chi connectivity index (χ2n) is 5.17. The van der Waals surface area contributed by atoms with Crippen LogP contribution in [0.3, 0.4) is 0 Å². The maximum atomic E-state index is 12.2. The number of carbonyl (C=O) groups excluding carboxylic acids is 2. The van der Waals surface area contributed by atoms with E-state index in [2.05, 4.69) is 5.92 Å². The molecule has 1 fully saturated rings. The average Bonchev–Trinajstić information content (AvgIpc) is 2.64. The van der Waals surface area contributed by atoms with Crippen LogP contribution in [-0.2, 0) is 19.1 Å². The molecule has 1 aliphatic rings. The van der Waals surface area contributed by atoms with Crippen LogP contribution in [0.4, 0.5) is 0 Å². The van der Waals surface area contributed by atoms with E-state index in [1.54, 1.807) is 48.5 Å². The molecule has 5 heteroatoms. The van der Waals surface area contributed by atoms with E-state index in [1.807, 2.05) is 6.07 Å². The molecule has 0 aromatic heterocycles. The highest BCUT2D eigenvalue weighted by Gasteiger charge is 2.34. The highest BCUT2D eigenvalue weighted by atomic mass is 16.7. The number of esters is 2. The molecule has 0 N–H and O–H groups in total. The van der Waals surface area contributed by atoms with Gasteiger partial charge in [-0.1, -0.05) is 48.4 Å². The molecule has 124 valence electrons. The molecule has 0 unspecified atom stereocenters. The molecule has 1 aliphatic heterocycles. The lowest BCUT2D eigenvalue weighted by Crippen LogP contribution is -2.29. The van der Waals surface area contributed by atoms with E-state index in [9.17, 15) is 9.59 Å². The summed E-state index contributed by atoms with van der Waals surface area (Å²) in [6.45, 7) is 0.167. The fraction of sp³-hybridized carbons (Fsp3) is 0.100. The van der Waals surface area contributed by atoms with Gasteiger partial charge in [0.25, 0.3) is 6.29 Å². The van der Waals surface area contributed by atoms with Gasteiger partial charge in [0.2, 0.25) is 0 Å². The Morgan fingerprint density at radius 1 is 1.00 bits per heavy atom. The molecular formula is C20H14O5. The van der Waals surface area contributed by atoms with Gasteiger partial charge in [0.1, 0.15) is 17.9 Å². The van der Waals surface area contributed by atoms with E-state index in [0.29, 0.717) is 16.9 Å². The van der Waals surface area contributed by atoms with Crippen molar-refractivity contribution >= 4 is 18.0 Å². The predicted molar refractivity (Wildman–Crippen MR) is 90.1 cm³/mol. The Morgan fingerprint density at radius 2 is 1.64 bits per heavy atom. The maximum Gasteiger partial charge on any atom is 0.348 e. The molecule has 0 spiro atoms. The molecule has 2 aromatic carbocycles. The first-order chi connectivity index (χ1) is 12.2. The van der Waals surface area contributed by atoms with Crippen LogP contribution in [0.25, 0.3) is 6.08 Å². The number of cyclic esters (lactones) is 2. The minimum absolute atomic E-state index is 0.163. The Bertz CT molecular complexity index is 824. The predicted octanol–water partition coefficient (Wildman–Crippen LogP) is 2.88. The largest absolute Gasteiger partial charge is 0.481 e. The van der Waals surface area contributed by atoms with Crippen molar-refractivity contribution in [1.82, 2.24) is 0 Å². The molecule has 0 aliphatic carbocycles. The van der Waals surface area contributed by atoms with Crippen LogP contribution in [0.15, 0.2) is 60.2 Å². The van der Waals surface area contributed by atoms with Gasteiger partial charge in [-0.15, -0.1) is 6.42 Å². The third-order valence-corrected chi connectivity index (χ3v) is 3.45. The van der Waals surface area contributed by atoms with Gasteiger partial charge in [-0.3, -0.25) is 0 Å². The zero-order valence-corrected chi connectivity index (χ0v) is 13.2. The molecule has 1 saturated heterocycles. The van der Waals surface area contributed by atoms with Gasteiger partial charge in [0.05, 0.1) is 0 Å². The highest BCUT2D eigenvalue weighted by molar-refractivity contribution is 6.18. The number of benzene rings is 2. The Morgan fingerprint density at radius 3 is 2.24 bits per heavy atom. The van der Waals surface area contributed by atoms with Crippen molar-refractivity contribution in [2.24, 2.45) is 0 Å². The molecule has 0 bridgehead atoms. The van der Waals surface area contributed by atoms with E-state index in [1.165, 1.54) is 6.08 Å². The van der Waals surface area contributed by atoms with E-state index in [4.69, 9.17) is 20.6 Å². The smallest absolute Gasteiger partial charge is 0.348 e. The second kappa shape index (κ2) is 7.37. The van der Waals surface area contributed by atoms with Crippen molar-refractivity contribution in [3.63, 3.8) is 0 Å². The fourth-order valence-corrected chi connectivity index (χ4v) is 2.24. The molecule has 2 aromatic rings. The van der Waals surface area contributed by atoms with Crippen LogP contribution in [-0.4, -0.2) is 18.5 Å². The van der Waals surface area contributed by atoms with Crippen molar-refractivity contribution in [2.75, 3.05) is 6.61 Å². The number of hydrogen-bond donors (Lipinski definition) is 0. The molecule has 3 rings (SSSR count). The summed E-state index contributed by atoms with van der Waals surface area (Å²) < 4.78 is 15.7. The lowest BCUT2D eigenvalue weighted by atomic mass is 10.1. The van der Waals surface area contributed by atoms with Crippen LogP contribution >= 0.6 is 0 Å². The highest BCUT2D eigenvalue weighted by Crippen LogP contribution is 2.27. The molecule has 0 atom stereocenters. The normalized spacial score (nSPS) is 16.4. The Balaban J connectivity index is 1.75. The van der Waals surface area contributed by atoms with E-state index in [-0.39, 0.29) is 12.2 Å². The lowest BCUT2D eigenvalue weighted by molar-refractivity contribution is -0.195. The molecule has 25 heavy (non-hydrogen) atoms. The van der Waals surface area contributed by atoms with E-state index < -0.39 is 18.2 Å². The quantitative estimate of drug-likeness (QED) is 0.372. The van der Waals surface area contributed by atoms with E-state index >= 15 is 0 Å². The minimum Gasteiger partial charge on any atom is -0.481 e. The minimum atomic E-state index is -1.03. The summed E-state index contributed by atoms with van der Waals surface area (Å²) in [6, 6.07) is 15.6. The first kappa shape index (κ1) is 16.3. The van der Waals surface area contributed by atoms with Crippen LogP contribution in [0.2, 0.25) is 0 Å². The lowest BCUT2D eigenvalue weighted by Gasteiger charge is -2.23. The summed E-state index contributed by atoms with van der Waals surface area (Å²) in [5.74, 6) is 1.52. The summed E-state index contributed by atoms with van der Waals surface area (Å²) >= 11 is 0. The number of ether oxygens (including phenoxy) is 3. The van der Waals surface area contributed by atoms with Crippen LogP contribution in [0, 0.1) is 12.3 Å². The molecular weight excluding hydrogens is 320 g/mol. The summed E-state index contributed by atoms with van der Waals surface area (Å²) in [7, 11) is 0. The van der Waals surface area contributed by atoms with Gasteiger partial charge >= 0.3 is 11.9 Å². The third kappa shape index (κ3) is 3.88. The molecule has 0 amide bonds. The number of hydrogen-bond acceptors (Lipinski definition) is 5. The van der Waals surface area contributed by atoms with Crippen molar-refractivity contribution < 1.29 is 23.8 Å².